The lowest BCUT2D eigenvalue weighted by molar-refractivity contribution is -0.123. The lowest BCUT2D eigenvalue weighted by Crippen LogP contribution is -2.49. The van der Waals surface area contributed by atoms with Crippen molar-refractivity contribution >= 4 is 45.1 Å². The summed E-state index contributed by atoms with van der Waals surface area (Å²) in [7, 11) is 1.56. The lowest BCUT2D eigenvalue weighted by atomic mass is 10.2. The standard InChI is InChI=1S/C20H22BrN3O5S/c1-12(2)29-17-9-4-13(10-16(17)21)19(26)22-20(30)24-23-18(25)11-28-15-7-5-14(27-3)6-8-15/h4-10,12H,11H2,1-3H3,(H,23,25)(H2,22,24,26,30). The van der Waals surface area contributed by atoms with Crippen LogP contribution in [-0.2, 0) is 4.79 Å². The summed E-state index contributed by atoms with van der Waals surface area (Å²) in [6, 6.07) is 11.7. The number of carbonyl (C=O) groups is 2. The molecule has 0 unspecified atom stereocenters. The van der Waals surface area contributed by atoms with Crippen molar-refractivity contribution in [1.29, 1.82) is 0 Å². The van der Waals surface area contributed by atoms with Crippen molar-refractivity contribution < 1.29 is 23.8 Å². The molecule has 160 valence electrons. The number of carbonyl (C=O) groups excluding carboxylic acids is 2. The second-order valence-corrected chi connectivity index (χ2v) is 7.50. The highest BCUT2D eigenvalue weighted by atomic mass is 79.9. The Morgan fingerprint density at radius 1 is 1.07 bits per heavy atom. The Bertz CT molecular complexity index is 906. The molecular formula is C20H22BrN3O5S. The van der Waals surface area contributed by atoms with E-state index in [0.29, 0.717) is 27.3 Å². The number of hydrogen-bond donors (Lipinski definition) is 3. The predicted octanol–water partition coefficient (Wildman–Crippen LogP) is 2.96. The zero-order chi connectivity index (χ0) is 22.1. The van der Waals surface area contributed by atoms with Gasteiger partial charge in [0.2, 0.25) is 0 Å². The third kappa shape index (κ3) is 7.53. The first-order valence-electron chi connectivity index (χ1n) is 8.91. The van der Waals surface area contributed by atoms with Crippen molar-refractivity contribution in [2.45, 2.75) is 20.0 Å². The van der Waals surface area contributed by atoms with E-state index in [1.165, 1.54) is 0 Å². The fourth-order valence-electron chi connectivity index (χ4n) is 2.18. The molecule has 0 saturated heterocycles. The van der Waals surface area contributed by atoms with Crippen LogP contribution in [0, 0.1) is 0 Å². The van der Waals surface area contributed by atoms with Crippen molar-refractivity contribution in [3.63, 3.8) is 0 Å². The normalized spacial score (nSPS) is 10.2. The fourth-order valence-corrected chi connectivity index (χ4v) is 2.80. The molecule has 30 heavy (non-hydrogen) atoms. The molecule has 2 amide bonds. The third-order valence-electron chi connectivity index (χ3n) is 3.53. The van der Waals surface area contributed by atoms with Crippen molar-refractivity contribution in [3.8, 4) is 17.2 Å². The van der Waals surface area contributed by atoms with Gasteiger partial charge >= 0.3 is 0 Å². The van der Waals surface area contributed by atoms with Gasteiger partial charge in [-0.3, -0.25) is 25.8 Å². The van der Waals surface area contributed by atoms with Gasteiger partial charge in [-0.25, -0.2) is 0 Å². The summed E-state index contributed by atoms with van der Waals surface area (Å²) >= 11 is 8.39. The van der Waals surface area contributed by atoms with E-state index < -0.39 is 11.8 Å². The molecule has 0 heterocycles. The molecule has 0 aliphatic carbocycles. The van der Waals surface area contributed by atoms with Crippen molar-refractivity contribution in [1.82, 2.24) is 16.2 Å². The summed E-state index contributed by atoms with van der Waals surface area (Å²) in [6.07, 6.45) is 0.00932. The van der Waals surface area contributed by atoms with Crippen LogP contribution in [0.3, 0.4) is 0 Å². The Kier molecular flexibility index (Phi) is 8.88. The summed E-state index contributed by atoms with van der Waals surface area (Å²) in [6.45, 7) is 3.58. The van der Waals surface area contributed by atoms with E-state index in [1.807, 2.05) is 13.8 Å². The van der Waals surface area contributed by atoms with Crippen molar-refractivity contribution in [2.24, 2.45) is 0 Å². The minimum atomic E-state index is -0.472. The quantitative estimate of drug-likeness (QED) is 0.401. The Balaban J connectivity index is 1.77. The average Bonchev–Trinajstić information content (AvgIpc) is 2.72. The number of thiocarbonyl (C=S) groups is 1. The molecule has 0 aliphatic rings. The van der Waals surface area contributed by atoms with E-state index in [2.05, 4.69) is 32.1 Å². The van der Waals surface area contributed by atoms with Gasteiger partial charge in [-0.15, -0.1) is 0 Å². The van der Waals surface area contributed by atoms with E-state index in [-0.39, 0.29) is 17.8 Å². The summed E-state index contributed by atoms with van der Waals surface area (Å²) in [4.78, 5) is 24.2. The topological polar surface area (TPSA) is 97.9 Å². The van der Waals surface area contributed by atoms with Crippen molar-refractivity contribution in [3.05, 3.63) is 52.5 Å². The number of nitrogens with one attached hydrogen (secondary N) is 3. The van der Waals surface area contributed by atoms with Gasteiger partial charge in [0, 0.05) is 5.56 Å². The van der Waals surface area contributed by atoms with Crippen molar-refractivity contribution in [2.75, 3.05) is 13.7 Å². The van der Waals surface area contributed by atoms with Gasteiger partial charge in [0.05, 0.1) is 17.7 Å². The highest BCUT2D eigenvalue weighted by molar-refractivity contribution is 9.10. The van der Waals surface area contributed by atoms with Gasteiger partial charge in [0.1, 0.15) is 17.2 Å². The maximum atomic E-state index is 12.3. The van der Waals surface area contributed by atoms with Gasteiger partial charge < -0.3 is 14.2 Å². The number of benzene rings is 2. The first-order valence-corrected chi connectivity index (χ1v) is 10.1. The van der Waals surface area contributed by atoms with Crippen LogP contribution in [0.2, 0.25) is 0 Å². The van der Waals surface area contributed by atoms with Crippen LogP contribution < -0.4 is 30.4 Å². The van der Waals surface area contributed by atoms with E-state index in [0.717, 1.165) is 0 Å². The Labute approximate surface area is 188 Å². The number of rotatable bonds is 7. The number of amides is 2. The second kappa shape index (κ2) is 11.4. The first kappa shape index (κ1) is 23.4. The molecule has 8 nitrogen and oxygen atoms in total. The van der Waals surface area contributed by atoms with E-state index in [4.69, 9.17) is 26.4 Å². The van der Waals surface area contributed by atoms with E-state index in [9.17, 15) is 9.59 Å². The van der Waals surface area contributed by atoms with Crippen LogP contribution in [-0.4, -0.2) is 36.7 Å². The minimum Gasteiger partial charge on any atom is -0.497 e. The lowest BCUT2D eigenvalue weighted by Gasteiger charge is -2.13. The first-order chi connectivity index (χ1) is 14.3. The van der Waals surface area contributed by atoms with Crippen LogP contribution >= 0.6 is 28.1 Å². The molecular weight excluding hydrogens is 474 g/mol. The van der Waals surface area contributed by atoms with Gasteiger partial charge in [0.15, 0.2) is 11.7 Å². The molecule has 10 heteroatoms. The molecule has 0 saturated carbocycles. The molecule has 0 aliphatic heterocycles. The molecule has 0 atom stereocenters. The van der Waals surface area contributed by atoms with E-state index in [1.54, 1.807) is 49.6 Å². The van der Waals surface area contributed by atoms with E-state index >= 15 is 0 Å². The molecule has 0 fully saturated rings. The SMILES string of the molecule is COc1ccc(OCC(=O)NNC(=S)NC(=O)c2ccc(OC(C)C)c(Br)c2)cc1. The number of hydrazine groups is 1. The monoisotopic (exact) mass is 495 g/mol. The Hall–Kier alpha value is -2.85. The molecule has 3 N–H and O–H groups in total. The van der Waals surface area contributed by atoms with Crippen LogP contribution in [0.4, 0.5) is 0 Å². The number of ether oxygens (including phenoxy) is 3. The van der Waals surface area contributed by atoms with Crippen LogP contribution in [0.15, 0.2) is 46.9 Å². The maximum Gasteiger partial charge on any atom is 0.276 e. The molecule has 0 bridgehead atoms. The van der Waals surface area contributed by atoms with Gasteiger partial charge in [-0.1, -0.05) is 0 Å². The van der Waals surface area contributed by atoms with Gasteiger partial charge in [0.25, 0.3) is 11.8 Å². The molecule has 2 aromatic carbocycles. The minimum absolute atomic E-state index is 0.00932. The summed E-state index contributed by atoms with van der Waals surface area (Å²) in [5.41, 5.74) is 5.18. The predicted molar refractivity (Wildman–Crippen MR) is 120 cm³/mol. The molecule has 0 aromatic heterocycles. The molecule has 0 spiro atoms. The molecule has 0 radical (unpaired) electrons. The molecule has 2 rings (SSSR count). The Morgan fingerprint density at radius 2 is 1.73 bits per heavy atom. The van der Waals surface area contributed by atoms with Crippen LogP contribution in [0.5, 0.6) is 17.2 Å². The fraction of sp³-hybridized carbons (Fsp3) is 0.250. The Morgan fingerprint density at radius 3 is 2.33 bits per heavy atom. The van der Waals surface area contributed by atoms with Gasteiger partial charge in [-0.2, -0.15) is 0 Å². The summed E-state index contributed by atoms with van der Waals surface area (Å²) in [5.74, 6) is 0.917. The summed E-state index contributed by atoms with van der Waals surface area (Å²) < 4.78 is 16.6. The number of hydrogen-bond acceptors (Lipinski definition) is 6. The largest absolute Gasteiger partial charge is 0.497 e. The third-order valence-corrected chi connectivity index (χ3v) is 4.35. The highest BCUT2D eigenvalue weighted by Crippen LogP contribution is 2.26. The highest BCUT2D eigenvalue weighted by Gasteiger charge is 2.12. The smallest absolute Gasteiger partial charge is 0.276 e. The summed E-state index contributed by atoms with van der Waals surface area (Å²) in [5, 5.41) is 2.42. The van der Waals surface area contributed by atoms with Crippen LogP contribution in [0.25, 0.3) is 0 Å². The van der Waals surface area contributed by atoms with Crippen LogP contribution in [0.1, 0.15) is 24.2 Å². The zero-order valence-electron chi connectivity index (χ0n) is 16.7. The second-order valence-electron chi connectivity index (χ2n) is 6.23. The zero-order valence-corrected chi connectivity index (χ0v) is 19.1. The number of methoxy groups -OCH3 is 1. The molecule has 2 aromatic rings. The average molecular weight is 496 g/mol. The number of halogens is 1. The maximum absolute atomic E-state index is 12.3. The van der Waals surface area contributed by atoms with Gasteiger partial charge in [-0.05, 0) is 84.5 Å².